The van der Waals surface area contributed by atoms with E-state index >= 15 is 0 Å². The normalized spacial score (nSPS) is 19.7. The van der Waals surface area contributed by atoms with Crippen LogP contribution in [-0.4, -0.2) is 33.5 Å². The van der Waals surface area contributed by atoms with Gasteiger partial charge in [0.15, 0.2) is 5.60 Å². The standard InChI is InChI=1S/C26H26N4O4/c1-3-5-6-10-29-14-27-18-8-7-9-19-21(18)23(29)15-12-30-20(22(15)28-19)11-17-16(24(30)31)13-34-25(32)26(17,33)4-2/h7-9,11,14,33H,3-6,10,12-13H2,1-2H3. The van der Waals surface area contributed by atoms with Crippen molar-refractivity contribution >= 4 is 34.6 Å². The largest absolute Gasteiger partial charge is 0.458 e. The highest BCUT2D eigenvalue weighted by atomic mass is 16.6. The van der Waals surface area contributed by atoms with E-state index in [0.717, 1.165) is 53.6 Å². The number of aromatic nitrogens is 2. The first-order chi connectivity index (χ1) is 16.5. The number of ether oxygens (including phenoxy) is 1. The second-order valence-corrected chi connectivity index (χ2v) is 9.21. The van der Waals surface area contributed by atoms with E-state index in [2.05, 4.69) is 16.8 Å². The second kappa shape index (κ2) is 7.50. The minimum Gasteiger partial charge on any atom is -0.458 e. The third-order valence-corrected chi connectivity index (χ3v) is 7.29. The Hall–Kier alpha value is -3.52. The topological polar surface area (TPSA) is 97.0 Å². The van der Waals surface area contributed by atoms with Gasteiger partial charge in [-0.2, -0.15) is 0 Å². The van der Waals surface area contributed by atoms with E-state index in [1.807, 2.05) is 24.5 Å². The van der Waals surface area contributed by atoms with E-state index in [-0.39, 0.29) is 18.6 Å². The van der Waals surface area contributed by atoms with Crippen molar-refractivity contribution in [1.29, 1.82) is 0 Å². The maximum atomic E-state index is 13.5. The third kappa shape index (κ3) is 2.75. The first-order valence-corrected chi connectivity index (χ1v) is 11.9. The van der Waals surface area contributed by atoms with Crippen molar-refractivity contribution in [3.8, 4) is 11.4 Å². The van der Waals surface area contributed by atoms with Gasteiger partial charge in [-0.25, -0.2) is 14.8 Å². The molecular weight excluding hydrogens is 432 g/mol. The van der Waals surface area contributed by atoms with Crippen LogP contribution < -0.4 is 10.5 Å². The number of aliphatic imine (C=N–C) groups is 1. The fraction of sp³-hybridized carbons (Fsp3) is 0.385. The minimum atomic E-state index is -1.83. The van der Waals surface area contributed by atoms with Gasteiger partial charge in [0, 0.05) is 17.7 Å². The lowest BCUT2D eigenvalue weighted by Gasteiger charge is -2.31. The molecule has 0 radical (unpaired) electrons. The van der Waals surface area contributed by atoms with Crippen LogP contribution in [0.3, 0.4) is 0 Å². The average Bonchev–Trinajstić information content (AvgIpc) is 3.22. The van der Waals surface area contributed by atoms with E-state index in [1.165, 1.54) is 0 Å². The number of hydrogen-bond donors (Lipinski definition) is 1. The molecule has 3 aromatic rings. The summed E-state index contributed by atoms with van der Waals surface area (Å²) in [6, 6.07) is 7.65. The van der Waals surface area contributed by atoms with Gasteiger partial charge < -0.3 is 19.3 Å². The Balaban J connectivity index is 1.60. The molecule has 6 rings (SSSR count). The SMILES string of the molecule is CCCCCN1C=Nc2cccc3nc4c(c1c23)Cn1c-4cc2c(c1=O)COC(=O)C2(O)CC. The second-order valence-electron chi connectivity index (χ2n) is 9.21. The predicted octanol–water partition coefficient (Wildman–Crippen LogP) is 3.75. The summed E-state index contributed by atoms with van der Waals surface area (Å²) in [6.45, 7) is 4.96. The number of carbonyl (C=O) groups excluding carboxylic acids is 1. The lowest BCUT2D eigenvalue weighted by atomic mass is 9.86. The molecule has 3 aliphatic heterocycles. The summed E-state index contributed by atoms with van der Waals surface area (Å²) in [7, 11) is 0. The van der Waals surface area contributed by atoms with Crippen LogP contribution in [0.25, 0.3) is 22.3 Å². The summed E-state index contributed by atoms with van der Waals surface area (Å²) in [4.78, 5) is 37.8. The summed E-state index contributed by atoms with van der Waals surface area (Å²) in [5.41, 5.74) is 3.62. The van der Waals surface area contributed by atoms with Crippen LogP contribution in [-0.2, 0) is 28.3 Å². The zero-order chi connectivity index (χ0) is 23.6. The van der Waals surface area contributed by atoms with E-state index in [1.54, 1.807) is 17.6 Å². The number of rotatable bonds is 5. The first kappa shape index (κ1) is 21.0. The van der Waals surface area contributed by atoms with Gasteiger partial charge in [0.25, 0.3) is 5.56 Å². The summed E-state index contributed by atoms with van der Waals surface area (Å²) in [6.07, 6.45) is 5.28. The molecule has 8 heteroatoms. The Morgan fingerprint density at radius 2 is 2.03 bits per heavy atom. The highest BCUT2D eigenvalue weighted by molar-refractivity contribution is 6.11. The summed E-state index contributed by atoms with van der Waals surface area (Å²) in [5, 5.41) is 12.1. The molecule has 8 nitrogen and oxygen atoms in total. The van der Waals surface area contributed by atoms with E-state index in [9.17, 15) is 14.7 Å². The van der Waals surface area contributed by atoms with E-state index < -0.39 is 11.6 Å². The van der Waals surface area contributed by atoms with Crippen molar-refractivity contribution in [3.05, 3.63) is 51.3 Å². The number of nitrogens with zero attached hydrogens (tertiary/aromatic N) is 4. The van der Waals surface area contributed by atoms with Gasteiger partial charge >= 0.3 is 5.97 Å². The van der Waals surface area contributed by atoms with E-state index in [4.69, 9.17) is 9.72 Å². The zero-order valence-corrected chi connectivity index (χ0v) is 19.3. The van der Waals surface area contributed by atoms with Crippen LogP contribution in [0.1, 0.15) is 56.2 Å². The van der Waals surface area contributed by atoms with Crippen LogP contribution in [0.15, 0.2) is 34.1 Å². The van der Waals surface area contributed by atoms with Crippen molar-refractivity contribution in [2.75, 3.05) is 11.4 Å². The lowest BCUT2D eigenvalue weighted by molar-refractivity contribution is -0.172. The molecule has 1 aromatic carbocycles. The Labute approximate surface area is 196 Å². The van der Waals surface area contributed by atoms with Crippen molar-refractivity contribution in [2.24, 2.45) is 4.99 Å². The number of unbranched alkanes of at least 4 members (excludes halogenated alkanes) is 2. The van der Waals surface area contributed by atoms with Crippen LogP contribution in [0.4, 0.5) is 11.4 Å². The molecule has 0 fully saturated rings. The molecular formula is C26H26N4O4. The van der Waals surface area contributed by atoms with Gasteiger partial charge in [-0.05, 0) is 31.0 Å². The summed E-state index contributed by atoms with van der Waals surface area (Å²) >= 11 is 0. The van der Waals surface area contributed by atoms with Crippen molar-refractivity contribution in [2.45, 2.75) is 58.3 Å². The molecule has 0 spiro atoms. The smallest absolute Gasteiger partial charge is 0.343 e. The number of aliphatic hydroxyl groups is 1. The third-order valence-electron chi connectivity index (χ3n) is 7.29. The summed E-state index contributed by atoms with van der Waals surface area (Å²) in [5.74, 6) is -0.713. The van der Waals surface area contributed by atoms with Crippen molar-refractivity contribution in [3.63, 3.8) is 0 Å². The van der Waals surface area contributed by atoms with Gasteiger partial charge in [0.1, 0.15) is 6.61 Å². The van der Waals surface area contributed by atoms with E-state index in [0.29, 0.717) is 29.1 Å². The highest BCUT2D eigenvalue weighted by Crippen LogP contribution is 2.46. The minimum absolute atomic E-state index is 0.121. The molecule has 34 heavy (non-hydrogen) atoms. The van der Waals surface area contributed by atoms with Crippen LogP contribution in [0.2, 0.25) is 0 Å². The Morgan fingerprint density at radius 3 is 2.82 bits per heavy atom. The first-order valence-electron chi connectivity index (χ1n) is 11.9. The van der Waals surface area contributed by atoms with Crippen molar-refractivity contribution in [1.82, 2.24) is 9.55 Å². The van der Waals surface area contributed by atoms with Gasteiger partial charge in [-0.1, -0.05) is 32.8 Å². The van der Waals surface area contributed by atoms with Gasteiger partial charge in [-0.15, -0.1) is 0 Å². The predicted molar refractivity (Wildman–Crippen MR) is 130 cm³/mol. The van der Waals surface area contributed by atoms with Crippen LogP contribution in [0.5, 0.6) is 0 Å². The number of hydrogen-bond acceptors (Lipinski definition) is 7. The van der Waals surface area contributed by atoms with Gasteiger partial charge in [0.2, 0.25) is 0 Å². The maximum Gasteiger partial charge on any atom is 0.343 e. The fourth-order valence-electron chi connectivity index (χ4n) is 5.40. The van der Waals surface area contributed by atoms with Crippen molar-refractivity contribution < 1.29 is 14.6 Å². The molecule has 1 N–H and O–H groups in total. The molecule has 5 heterocycles. The zero-order valence-electron chi connectivity index (χ0n) is 19.3. The molecule has 1 unspecified atom stereocenters. The Bertz CT molecular complexity index is 1460. The molecule has 0 bridgehead atoms. The number of carbonyl (C=O) groups is 1. The molecule has 3 aliphatic rings. The molecule has 1 atom stereocenters. The monoisotopic (exact) mass is 458 g/mol. The number of fused-ring (bicyclic) bond motifs is 5. The number of esters is 1. The molecule has 0 aliphatic carbocycles. The Kier molecular flexibility index (Phi) is 4.64. The average molecular weight is 459 g/mol. The molecule has 174 valence electrons. The quantitative estimate of drug-likeness (QED) is 0.361. The number of anilines is 1. The molecule has 2 aromatic heterocycles. The molecule has 0 saturated carbocycles. The number of cyclic esters (lactones) is 1. The molecule has 0 saturated heterocycles. The maximum absolute atomic E-state index is 13.5. The van der Waals surface area contributed by atoms with Crippen LogP contribution >= 0.6 is 0 Å². The lowest BCUT2D eigenvalue weighted by Crippen LogP contribution is -2.44. The molecule has 0 amide bonds. The van der Waals surface area contributed by atoms with Gasteiger partial charge in [0.05, 0.1) is 52.1 Å². The van der Waals surface area contributed by atoms with Crippen LogP contribution in [0, 0.1) is 0 Å². The number of pyridine rings is 2. The fourth-order valence-corrected chi connectivity index (χ4v) is 5.40. The highest BCUT2D eigenvalue weighted by Gasteiger charge is 2.45. The number of benzene rings is 1. The summed E-state index contributed by atoms with van der Waals surface area (Å²) < 4.78 is 6.88. The Morgan fingerprint density at radius 1 is 1.18 bits per heavy atom. The van der Waals surface area contributed by atoms with Gasteiger partial charge in [-0.3, -0.25) is 4.79 Å².